The number of hydrogen-bond donors (Lipinski definition) is 2. The number of thiophene rings is 1. The van der Waals surface area contributed by atoms with Crippen molar-refractivity contribution in [2.45, 2.75) is 19.4 Å². The molecule has 0 spiro atoms. The molecule has 94 valence electrons. The lowest BCUT2D eigenvalue weighted by atomic mass is 10.2. The van der Waals surface area contributed by atoms with Gasteiger partial charge in [0, 0.05) is 19.6 Å². The zero-order valence-electron chi connectivity index (χ0n) is 9.99. The van der Waals surface area contributed by atoms with Gasteiger partial charge < -0.3 is 15.4 Å². The summed E-state index contributed by atoms with van der Waals surface area (Å²) in [4.78, 5) is 12.8. The van der Waals surface area contributed by atoms with Crippen LogP contribution in [0.1, 0.15) is 22.2 Å². The summed E-state index contributed by atoms with van der Waals surface area (Å²) in [6, 6.07) is 2.01. The number of morpholine rings is 1. The number of rotatable bonds is 4. The average molecular weight is 254 g/mol. The molecule has 1 fully saturated rings. The van der Waals surface area contributed by atoms with Gasteiger partial charge in [0.05, 0.1) is 17.6 Å². The summed E-state index contributed by atoms with van der Waals surface area (Å²) in [5, 5.41) is 8.14. The maximum absolute atomic E-state index is 12.0. The van der Waals surface area contributed by atoms with Gasteiger partial charge in [0.1, 0.15) is 0 Å². The van der Waals surface area contributed by atoms with E-state index in [2.05, 4.69) is 17.6 Å². The molecule has 0 radical (unpaired) electrons. The Morgan fingerprint density at radius 2 is 2.59 bits per heavy atom. The van der Waals surface area contributed by atoms with Crippen LogP contribution in [0.4, 0.5) is 0 Å². The summed E-state index contributed by atoms with van der Waals surface area (Å²) in [5.74, 6) is 0.0195. The molecule has 5 heteroatoms. The predicted molar refractivity (Wildman–Crippen MR) is 68.6 cm³/mol. The minimum atomic E-state index is 0.0195. The summed E-state index contributed by atoms with van der Waals surface area (Å²) in [5.41, 5.74) is 1.12. The van der Waals surface area contributed by atoms with Crippen molar-refractivity contribution >= 4 is 17.2 Å². The van der Waals surface area contributed by atoms with E-state index < -0.39 is 0 Å². The van der Waals surface area contributed by atoms with Gasteiger partial charge in [-0.1, -0.05) is 6.92 Å². The molecule has 4 nitrogen and oxygen atoms in total. The van der Waals surface area contributed by atoms with Gasteiger partial charge in [-0.25, -0.2) is 0 Å². The fourth-order valence-corrected chi connectivity index (χ4v) is 2.76. The van der Waals surface area contributed by atoms with E-state index in [1.165, 1.54) is 11.3 Å². The summed E-state index contributed by atoms with van der Waals surface area (Å²) >= 11 is 1.50. The third-order valence-corrected chi connectivity index (χ3v) is 3.78. The number of aryl methyl sites for hydroxylation is 1. The van der Waals surface area contributed by atoms with Gasteiger partial charge in [0.2, 0.25) is 0 Å². The SMILES string of the molecule is CCc1ccsc1C(=O)NCC1CNCCO1. The van der Waals surface area contributed by atoms with Gasteiger partial charge in [-0.15, -0.1) is 11.3 Å². The molecule has 2 N–H and O–H groups in total. The second kappa shape index (κ2) is 6.14. The summed E-state index contributed by atoms with van der Waals surface area (Å²) in [6.07, 6.45) is 0.992. The fourth-order valence-electron chi connectivity index (χ4n) is 1.85. The molecule has 1 aromatic rings. The minimum absolute atomic E-state index is 0.0195. The van der Waals surface area contributed by atoms with Crippen LogP contribution in [0.3, 0.4) is 0 Å². The molecule has 2 heterocycles. The quantitative estimate of drug-likeness (QED) is 0.844. The Kier molecular flexibility index (Phi) is 4.53. The van der Waals surface area contributed by atoms with E-state index in [1.807, 2.05) is 11.4 Å². The number of nitrogens with one attached hydrogen (secondary N) is 2. The van der Waals surface area contributed by atoms with E-state index in [4.69, 9.17) is 4.74 Å². The number of carbonyl (C=O) groups is 1. The molecular formula is C12H18N2O2S. The van der Waals surface area contributed by atoms with Crippen LogP contribution >= 0.6 is 11.3 Å². The Bertz CT molecular complexity index is 372. The van der Waals surface area contributed by atoms with Crippen LogP contribution in [0.15, 0.2) is 11.4 Å². The van der Waals surface area contributed by atoms with E-state index in [1.54, 1.807) is 0 Å². The Hall–Kier alpha value is -0.910. The molecule has 1 aliphatic rings. The van der Waals surface area contributed by atoms with E-state index in [-0.39, 0.29) is 12.0 Å². The van der Waals surface area contributed by atoms with Gasteiger partial charge in [-0.05, 0) is 23.4 Å². The van der Waals surface area contributed by atoms with Crippen molar-refractivity contribution in [3.8, 4) is 0 Å². The van der Waals surface area contributed by atoms with E-state index in [0.717, 1.165) is 36.6 Å². The van der Waals surface area contributed by atoms with E-state index in [9.17, 15) is 4.79 Å². The van der Waals surface area contributed by atoms with Crippen molar-refractivity contribution < 1.29 is 9.53 Å². The molecule has 2 rings (SSSR count). The Balaban J connectivity index is 1.84. The van der Waals surface area contributed by atoms with Gasteiger partial charge >= 0.3 is 0 Å². The molecular weight excluding hydrogens is 236 g/mol. The highest BCUT2D eigenvalue weighted by Gasteiger charge is 2.16. The number of amides is 1. The summed E-state index contributed by atoms with van der Waals surface area (Å²) in [7, 11) is 0. The maximum atomic E-state index is 12.0. The molecule has 0 aromatic carbocycles. The van der Waals surface area contributed by atoms with Crippen molar-refractivity contribution in [2.24, 2.45) is 0 Å². The van der Waals surface area contributed by atoms with Crippen LogP contribution in [-0.4, -0.2) is 38.3 Å². The largest absolute Gasteiger partial charge is 0.374 e. The van der Waals surface area contributed by atoms with Crippen molar-refractivity contribution in [3.63, 3.8) is 0 Å². The average Bonchev–Trinajstić information content (AvgIpc) is 2.85. The highest BCUT2D eigenvalue weighted by Crippen LogP contribution is 2.16. The fraction of sp³-hybridized carbons (Fsp3) is 0.583. The molecule has 17 heavy (non-hydrogen) atoms. The number of ether oxygens (including phenoxy) is 1. The Morgan fingerprint density at radius 3 is 3.29 bits per heavy atom. The number of hydrogen-bond acceptors (Lipinski definition) is 4. The van der Waals surface area contributed by atoms with Gasteiger partial charge in [0.25, 0.3) is 5.91 Å². The lowest BCUT2D eigenvalue weighted by Crippen LogP contribution is -2.45. The van der Waals surface area contributed by atoms with Crippen LogP contribution in [0.2, 0.25) is 0 Å². The number of carbonyl (C=O) groups excluding carboxylic acids is 1. The maximum Gasteiger partial charge on any atom is 0.261 e. The second-order valence-corrected chi connectivity index (χ2v) is 4.95. The van der Waals surface area contributed by atoms with Crippen molar-refractivity contribution in [1.82, 2.24) is 10.6 Å². The van der Waals surface area contributed by atoms with Gasteiger partial charge in [0.15, 0.2) is 0 Å². The van der Waals surface area contributed by atoms with Gasteiger partial charge in [-0.3, -0.25) is 4.79 Å². The molecule has 1 saturated heterocycles. The molecule has 1 aromatic heterocycles. The molecule has 0 saturated carbocycles. The Labute approximate surface area is 105 Å². The third-order valence-electron chi connectivity index (χ3n) is 2.83. The monoisotopic (exact) mass is 254 g/mol. The molecule has 1 aliphatic heterocycles. The topological polar surface area (TPSA) is 50.4 Å². The lowest BCUT2D eigenvalue weighted by Gasteiger charge is -2.23. The third kappa shape index (κ3) is 3.28. The highest BCUT2D eigenvalue weighted by atomic mass is 32.1. The second-order valence-electron chi connectivity index (χ2n) is 4.04. The molecule has 0 aliphatic carbocycles. The molecule has 0 bridgehead atoms. The minimum Gasteiger partial charge on any atom is -0.374 e. The molecule has 1 amide bonds. The standard InChI is InChI=1S/C12H18N2O2S/c1-2-9-3-6-17-11(9)12(15)14-8-10-7-13-4-5-16-10/h3,6,10,13H,2,4-5,7-8H2,1H3,(H,14,15). The van der Waals surface area contributed by atoms with Crippen molar-refractivity contribution in [3.05, 3.63) is 21.9 Å². The smallest absolute Gasteiger partial charge is 0.261 e. The van der Waals surface area contributed by atoms with E-state index >= 15 is 0 Å². The molecule has 1 unspecified atom stereocenters. The zero-order chi connectivity index (χ0) is 12.1. The van der Waals surface area contributed by atoms with Crippen LogP contribution < -0.4 is 10.6 Å². The zero-order valence-corrected chi connectivity index (χ0v) is 10.8. The lowest BCUT2D eigenvalue weighted by molar-refractivity contribution is 0.0287. The first-order chi connectivity index (χ1) is 8.31. The summed E-state index contributed by atoms with van der Waals surface area (Å²) < 4.78 is 5.53. The van der Waals surface area contributed by atoms with Crippen LogP contribution in [0.25, 0.3) is 0 Å². The first-order valence-corrected chi connectivity index (χ1v) is 6.86. The summed E-state index contributed by atoms with van der Waals surface area (Å²) in [6.45, 7) is 5.07. The van der Waals surface area contributed by atoms with Crippen LogP contribution in [-0.2, 0) is 11.2 Å². The molecule has 1 atom stereocenters. The van der Waals surface area contributed by atoms with Crippen LogP contribution in [0, 0.1) is 0 Å². The van der Waals surface area contributed by atoms with Crippen LogP contribution in [0.5, 0.6) is 0 Å². The van der Waals surface area contributed by atoms with Crippen molar-refractivity contribution in [2.75, 3.05) is 26.2 Å². The van der Waals surface area contributed by atoms with Crippen molar-refractivity contribution in [1.29, 1.82) is 0 Å². The highest BCUT2D eigenvalue weighted by molar-refractivity contribution is 7.12. The first-order valence-electron chi connectivity index (χ1n) is 5.98. The first kappa shape index (κ1) is 12.5. The Morgan fingerprint density at radius 1 is 1.71 bits per heavy atom. The normalized spacial score (nSPS) is 20.2. The predicted octanol–water partition coefficient (Wildman–Crippen LogP) is 1.03. The van der Waals surface area contributed by atoms with Gasteiger partial charge in [-0.2, -0.15) is 0 Å². The van der Waals surface area contributed by atoms with E-state index in [0.29, 0.717) is 6.54 Å².